The van der Waals surface area contributed by atoms with E-state index in [1.54, 1.807) is 4.90 Å². The number of rotatable bonds is 6. The smallest absolute Gasteiger partial charge is 0.343 e. The van der Waals surface area contributed by atoms with Gasteiger partial charge in [0.2, 0.25) is 11.8 Å². The fourth-order valence-electron chi connectivity index (χ4n) is 4.52. The van der Waals surface area contributed by atoms with Gasteiger partial charge >= 0.3 is 6.18 Å². The third-order valence-corrected chi connectivity index (χ3v) is 6.80. The number of amides is 2. The zero-order chi connectivity index (χ0) is 25.4. The van der Waals surface area contributed by atoms with Crippen LogP contribution >= 0.6 is 0 Å². The van der Waals surface area contributed by atoms with Gasteiger partial charge in [-0.1, -0.05) is 18.2 Å². The zero-order valence-corrected chi connectivity index (χ0v) is 18.9. The highest BCUT2D eigenvalue weighted by atomic mass is 19.4. The Morgan fingerprint density at radius 2 is 1.69 bits per heavy atom. The monoisotopic (exact) mass is 495 g/mol. The van der Waals surface area contributed by atoms with E-state index >= 15 is 0 Å². The number of halogens is 5. The Balaban J connectivity index is 1.56. The molecule has 1 saturated heterocycles. The summed E-state index contributed by atoms with van der Waals surface area (Å²) in [6.45, 7) is 0.850. The second-order valence-electron chi connectivity index (χ2n) is 9.29. The molecule has 4 rings (SSSR count). The van der Waals surface area contributed by atoms with Crippen molar-refractivity contribution in [1.82, 2.24) is 10.2 Å². The number of nitrogens with one attached hydrogen (secondary N) is 1. The van der Waals surface area contributed by atoms with Crippen molar-refractivity contribution in [3.05, 3.63) is 70.8 Å². The van der Waals surface area contributed by atoms with Gasteiger partial charge in [-0.25, -0.2) is 8.78 Å². The maximum atomic E-state index is 14.7. The van der Waals surface area contributed by atoms with E-state index in [9.17, 15) is 31.5 Å². The number of nitrogens with zero attached hydrogens (tertiary/aromatic N) is 1. The van der Waals surface area contributed by atoms with Crippen LogP contribution in [0.5, 0.6) is 0 Å². The number of hydrogen-bond acceptors (Lipinski definition) is 3. The molecular formula is C25H26F5N3O2. The van der Waals surface area contributed by atoms with Crippen molar-refractivity contribution < 1.29 is 31.5 Å². The summed E-state index contributed by atoms with van der Waals surface area (Å²) in [5.74, 6) is -2.51. The van der Waals surface area contributed by atoms with Crippen LogP contribution in [0.3, 0.4) is 0 Å². The van der Waals surface area contributed by atoms with Gasteiger partial charge < -0.3 is 16.0 Å². The Hall–Kier alpha value is -3.01. The molecule has 10 heteroatoms. The highest BCUT2D eigenvalue weighted by Gasteiger charge is 2.54. The molecule has 5 nitrogen and oxygen atoms in total. The first-order chi connectivity index (χ1) is 16.5. The standard InChI is InChI=1S/C25H26F5N3O2/c26-17-4-1-15(2-5-17)13-21(22(34)33-11-7-18(31)8-12-33)32-23(35)24(9-10-24)19-6-3-16(14-20(19)27)25(28,29)30/h1-6,14,18,21H,7-13,31H2,(H,32,35). The second kappa shape index (κ2) is 9.56. The molecule has 1 aliphatic heterocycles. The summed E-state index contributed by atoms with van der Waals surface area (Å²) in [6.07, 6.45) is -2.90. The SMILES string of the molecule is NC1CCN(C(=O)C(Cc2ccc(F)cc2)NC(=O)C2(c3ccc(C(F)(F)F)cc3F)CC2)CC1. The van der Waals surface area contributed by atoms with E-state index in [2.05, 4.69) is 5.32 Å². The lowest BCUT2D eigenvalue weighted by molar-refractivity contribution is -0.138. The molecule has 1 unspecified atom stereocenters. The first-order valence-corrected chi connectivity index (χ1v) is 11.5. The molecule has 0 aromatic heterocycles. The summed E-state index contributed by atoms with van der Waals surface area (Å²) in [5, 5.41) is 2.72. The number of carbonyl (C=O) groups excluding carboxylic acids is 2. The molecule has 3 N–H and O–H groups in total. The molecule has 188 valence electrons. The maximum Gasteiger partial charge on any atom is 0.416 e. The van der Waals surface area contributed by atoms with E-state index in [0.29, 0.717) is 37.6 Å². The largest absolute Gasteiger partial charge is 0.416 e. The van der Waals surface area contributed by atoms with E-state index in [0.717, 1.165) is 12.1 Å². The lowest BCUT2D eigenvalue weighted by Gasteiger charge is -2.33. The summed E-state index contributed by atoms with van der Waals surface area (Å²) in [6, 6.07) is 6.64. The van der Waals surface area contributed by atoms with E-state index < -0.39 is 40.7 Å². The predicted octanol–water partition coefficient (Wildman–Crippen LogP) is 3.69. The fraction of sp³-hybridized carbons (Fsp3) is 0.440. The number of benzene rings is 2. The number of alkyl halides is 3. The highest BCUT2D eigenvalue weighted by molar-refractivity contribution is 5.95. The fourth-order valence-corrected chi connectivity index (χ4v) is 4.52. The van der Waals surface area contributed by atoms with E-state index in [-0.39, 0.29) is 36.8 Å². The summed E-state index contributed by atoms with van der Waals surface area (Å²) in [4.78, 5) is 28.2. The first-order valence-electron chi connectivity index (χ1n) is 11.5. The van der Waals surface area contributed by atoms with Crippen molar-refractivity contribution in [3.63, 3.8) is 0 Å². The van der Waals surface area contributed by atoms with Crippen molar-refractivity contribution in [3.8, 4) is 0 Å². The quantitative estimate of drug-likeness (QED) is 0.601. The molecule has 2 aromatic carbocycles. The van der Waals surface area contributed by atoms with Crippen molar-refractivity contribution in [1.29, 1.82) is 0 Å². The van der Waals surface area contributed by atoms with Crippen molar-refractivity contribution in [2.75, 3.05) is 13.1 Å². The van der Waals surface area contributed by atoms with Crippen molar-refractivity contribution >= 4 is 11.8 Å². The van der Waals surface area contributed by atoms with Gasteiger partial charge in [-0.05, 0) is 55.5 Å². The van der Waals surface area contributed by atoms with E-state index in [1.807, 2.05) is 0 Å². The van der Waals surface area contributed by atoms with Crippen LogP contribution in [0.25, 0.3) is 0 Å². The van der Waals surface area contributed by atoms with Gasteiger partial charge in [-0.15, -0.1) is 0 Å². The Bertz CT molecular complexity index is 1090. The molecule has 2 aliphatic rings. The van der Waals surface area contributed by atoms with Crippen LogP contribution in [0.15, 0.2) is 42.5 Å². The summed E-state index contributed by atoms with van der Waals surface area (Å²) in [5.41, 5.74) is 3.94. The Morgan fingerprint density at radius 3 is 2.23 bits per heavy atom. The molecule has 0 spiro atoms. The summed E-state index contributed by atoms with van der Waals surface area (Å²) >= 11 is 0. The van der Waals surface area contributed by atoms with Crippen LogP contribution < -0.4 is 11.1 Å². The number of carbonyl (C=O) groups is 2. The maximum absolute atomic E-state index is 14.7. The van der Waals surface area contributed by atoms with Crippen LogP contribution in [0, 0.1) is 11.6 Å². The minimum atomic E-state index is -4.71. The van der Waals surface area contributed by atoms with Gasteiger partial charge in [0.25, 0.3) is 0 Å². The summed E-state index contributed by atoms with van der Waals surface area (Å²) < 4.78 is 66.9. The van der Waals surface area contributed by atoms with Gasteiger partial charge in [0.1, 0.15) is 17.7 Å². The van der Waals surface area contributed by atoms with Gasteiger partial charge in [0.05, 0.1) is 11.0 Å². The van der Waals surface area contributed by atoms with Crippen LogP contribution in [0.1, 0.15) is 42.4 Å². The third-order valence-electron chi connectivity index (χ3n) is 6.80. The molecule has 1 saturated carbocycles. The van der Waals surface area contributed by atoms with Crippen LogP contribution in [-0.4, -0.2) is 41.9 Å². The average molecular weight is 495 g/mol. The third kappa shape index (κ3) is 5.47. The van der Waals surface area contributed by atoms with Crippen molar-refractivity contribution in [2.24, 2.45) is 5.73 Å². The first kappa shape index (κ1) is 25.1. The Labute approximate surface area is 199 Å². The topological polar surface area (TPSA) is 75.4 Å². The molecule has 1 atom stereocenters. The van der Waals surface area contributed by atoms with Crippen LogP contribution in [-0.2, 0) is 27.6 Å². The zero-order valence-electron chi connectivity index (χ0n) is 18.9. The molecule has 35 heavy (non-hydrogen) atoms. The minimum Gasteiger partial charge on any atom is -0.343 e. The lowest BCUT2D eigenvalue weighted by atomic mass is 9.92. The predicted molar refractivity (Wildman–Crippen MR) is 118 cm³/mol. The number of nitrogens with two attached hydrogens (primary N) is 1. The lowest BCUT2D eigenvalue weighted by Crippen LogP contribution is -2.54. The molecule has 2 fully saturated rings. The molecular weight excluding hydrogens is 469 g/mol. The molecule has 0 bridgehead atoms. The normalized spacial score (nSPS) is 18.7. The van der Waals surface area contributed by atoms with Crippen LogP contribution in [0.4, 0.5) is 22.0 Å². The molecule has 2 aromatic rings. The summed E-state index contributed by atoms with van der Waals surface area (Å²) in [7, 11) is 0. The second-order valence-corrected chi connectivity index (χ2v) is 9.29. The van der Waals surface area contributed by atoms with E-state index in [4.69, 9.17) is 5.73 Å². The van der Waals surface area contributed by atoms with Gasteiger partial charge in [-0.2, -0.15) is 13.2 Å². The molecule has 1 aliphatic carbocycles. The van der Waals surface area contributed by atoms with Crippen LogP contribution in [0.2, 0.25) is 0 Å². The molecule has 0 radical (unpaired) electrons. The molecule has 2 amide bonds. The number of piperidine rings is 1. The number of hydrogen-bond donors (Lipinski definition) is 2. The average Bonchev–Trinajstić information content (AvgIpc) is 3.61. The Morgan fingerprint density at radius 1 is 1.06 bits per heavy atom. The van der Waals surface area contributed by atoms with Gasteiger partial charge in [-0.3, -0.25) is 9.59 Å². The minimum absolute atomic E-state index is 0.0124. The van der Waals surface area contributed by atoms with Crippen molar-refractivity contribution in [2.45, 2.75) is 55.8 Å². The highest BCUT2D eigenvalue weighted by Crippen LogP contribution is 2.50. The Kier molecular flexibility index (Phi) is 6.86. The molecule has 1 heterocycles. The van der Waals surface area contributed by atoms with Gasteiger partial charge in [0, 0.05) is 31.1 Å². The number of likely N-dealkylation sites (tertiary alicyclic amines) is 1. The van der Waals surface area contributed by atoms with Gasteiger partial charge in [0.15, 0.2) is 0 Å². The van der Waals surface area contributed by atoms with E-state index in [1.165, 1.54) is 24.3 Å².